The SMILES string of the molecule is CCC(C)c1c2c(nn1C)CCCC2. The zero-order valence-corrected chi connectivity index (χ0v) is 9.51. The minimum absolute atomic E-state index is 0.661. The Hall–Kier alpha value is -0.790. The van der Waals surface area contributed by atoms with Crippen LogP contribution in [-0.2, 0) is 19.9 Å². The summed E-state index contributed by atoms with van der Waals surface area (Å²) in [6.45, 7) is 4.57. The standard InChI is InChI=1S/C12H20N2/c1-4-9(2)12-10-7-5-6-8-11(10)13-14(12)3/h9H,4-8H2,1-3H3. The van der Waals surface area contributed by atoms with Gasteiger partial charge in [-0.1, -0.05) is 13.8 Å². The molecular formula is C12H20N2. The minimum atomic E-state index is 0.661. The number of hydrogen-bond donors (Lipinski definition) is 0. The van der Waals surface area contributed by atoms with Crippen LogP contribution in [0.4, 0.5) is 0 Å². The maximum absolute atomic E-state index is 4.64. The molecule has 0 radical (unpaired) electrons. The van der Waals surface area contributed by atoms with E-state index < -0.39 is 0 Å². The molecule has 78 valence electrons. The summed E-state index contributed by atoms with van der Waals surface area (Å²) < 4.78 is 2.12. The second-order valence-electron chi connectivity index (χ2n) is 4.45. The van der Waals surface area contributed by atoms with E-state index in [-0.39, 0.29) is 0 Å². The molecule has 0 N–H and O–H groups in total. The third kappa shape index (κ3) is 1.47. The molecule has 0 saturated carbocycles. The van der Waals surface area contributed by atoms with E-state index in [2.05, 4.69) is 30.7 Å². The molecule has 0 amide bonds. The molecule has 14 heavy (non-hydrogen) atoms. The van der Waals surface area contributed by atoms with E-state index in [0.717, 1.165) is 0 Å². The molecule has 1 aliphatic rings. The Morgan fingerprint density at radius 3 is 2.79 bits per heavy atom. The highest BCUT2D eigenvalue weighted by Crippen LogP contribution is 2.29. The molecule has 0 aromatic carbocycles. The molecule has 0 fully saturated rings. The van der Waals surface area contributed by atoms with Gasteiger partial charge in [-0.05, 0) is 43.6 Å². The highest BCUT2D eigenvalue weighted by molar-refractivity contribution is 5.30. The van der Waals surface area contributed by atoms with Crippen molar-refractivity contribution < 1.29 is 0 Å². The molecule has 1 aromatic rings. The summed E-state index contributed by atoms with van der Waals surface area (Å²) in [4.78, 5) is 0. The van der Waals surface area contributed by atoms with Crippen molar-refractivity contribution in [1.82, 2.24) is 9.78 Å². The molecule has 1 aromatic heterocycles. The van der Waals surface area contributed by atoms with Crippen molar-refractivity contribution in [3.8, 4) is 0 Å². The Kier molecular flexibility index (Phi) is 2.62. The summed E-state index contributed by atoms with van der Waals surface area (Å²) in [6.07, 6.45) is 6.33. The molecule has 0 bridgehead atoms. The third-order valence-electron chi connectivity index (χ3n) is 3.45. The van der Waals surface area contributed by atoms with Crippen LogP contribution < -0.4 is 0 Å². The lowest BCUT2D eigenvalue weighted by Gasteiger charge is -2.15. The van der Waals surface area contributed by atoms with Gasteiger partial charge in [0, 0.05) is 12.7 Å². The second kappa shape index (κ2) is 3.76. The number of rotatable bonds is 2. The van der Waals surface area contributed by atoms with Crippen LogP contribution in [0.2, 0.25) is 0 Å². The maximum Gasteiger partial charge on any atom is 0.0659 e. The van der Waals surface area contributed by atoms with Gasteiger partial charge in [0.2, 0.25) is 0 Å². The van der Waals surface area contributed by atoms with Crippen molar-refractivity contribution >= 4 is 0 Å². The summed E-state index contributed by atoms with van der Waals surface area (Å²) in [5.41, 5.74) is 4.42. The molecule has 0 aliphatic heterocycles. The molecule has 0 saturated heterocycles. The molecular weight excluding hydrogens is 172 g/mol. The van der Waals surface area contributed by atoms with Gasteiger partial charge in [0.1, 0.15) is 0 Å². The van der Waals surface area contributed by atoms with E-state index >= 15 is 0 Å². The molecule has 2 nitrogen and oxygen atoms in total. The molecule has 1 unspecified atom stereocenters. The van der Waals surface area contributed by atoms with Crippen molar-refractivity contribution in [3.05, 3.63) is 17.0 Å². The average molecular weight is 192 g/mol. The Labute approximate surface area is 86.3 Å². The van der Waals surface area contributed by atoms with Crippen molar-refractivity contribution in [2.24, 2.45) is 7.05 Å². The third-order valence-corrected chi connectivity index (χ3v) is 3.45. The summed E-state index contributed by atoms with van der Waals surface area (Å²) in [5, 5.41) is 4.64. The summed E-state index contributed by atoms with van der Waals surface area (Å²) in [7, 11) is 2.10. The fraction of sp³-hybridized carbons (Fsp3) is 0.750. The zero-order chi connectivity index (χ0) is 10.1. The van der Waals surface area contributed by atoms with E-state index in [1.54, 1.807) is 5.56 Å². The molecule has 1 heterocycles. The number of nitrogens with zero attached hydrogens (tertiary/aromatic N) is 2. The van der Waals surface area contributed by atoms with Crippen molar-refractivity contribution in [1.29, 1.82) is 0 Å². The first-order valence-corrected chi connectivity index (χ1v) is 5.78. The number of aryl methyl sites for hydroxylation is 2. The zero-order valence-electron chi connectivity index (χ0n) is 9.51. The van der Waals surface area contributed by atoms with Crippen LogP contribution >= 0.6 is 0 Å². The highest BCUT2D eigenvalue weighted by atomic mass is 15.3. The van der Waals surface area contributed by atoms with E-state index in [4.69, 9.17) is 0 Å². The average Bonchev–Trinajstić information content (AvgIpc) is 2.53. The predicted octanol–water partition coefficient (Wildman–Crippen LogP) is 2.81. The van der Waals surface area contributed by atoms with Crippen LogP contribution in [-0.4, -0.2) is 9.78 Å². The maximum atomic E-state index is 4.64. The van der Waals surface area contributed by atoms with Crippen molar-refractivity contribution in [2.45, 2.75) is 51.9 Å². The van der Waals surface area contributed by atoms with Crippen molar-refractivity contribution in [3.63, 3.8) is 0 Å². The van der Waals surface area contributed by atoms with E-state index in [9.17, 15) is 0 Å². The van der Waals surface area contributed by atoms with Crippen LogP contribution in [0.15, 0.2) is 0 Å². The quantitative estimate of drug-likeness (QED) is 0.704. The summed E-state index contributed by atoms with van der Waals surface area (Å²) in [5.74, 6) is 0.661. The van der Waals surface area contributed by atoms with E-state index in [0.29, 0.717) is 5.92 Å². The van der Waals surface area contributed by atoms with E-state index in [1.165, 1.54) is 43.5 Å². The Bertz CT molecular complexity index is 325. The largest absolute Gasteiger partial charge is 0.272 e. The minimum Gasteiger partial charge on any atom is -0.272 e. The molecule has 1 atom stereocenters. The lowest BCUT2D eigenvalue weighted by atomic mass is 9.91. The van der Waals surface area contributed by atoms with Crippen LogP contribution in [0, 0.1) is 0 Å². The highest BCUT2D eigenvalue weighted by Gasteiger charge is 2.21. The van der Waals surface area contributed by atoms with Gasteiger partial charge in [-0.15, -0.1) is 0 Å². The van der Waals surface area contributed by atoms with E-state index in [1.807, 2.05) is 0 Å². The topological polar surface area (TPSA) is 17.8 Å². The van der Waals surface area contributed by atoms with Gasteiger partial charge >= 0.3 is 0 Å². The number of hydrogen-bond acceptors (Lipinski definition) is 1. The van der Waals surface area contributed by atoms with Gasteiger partial charge in [-0.2, -0.15) is 5.10 Å². The Morgan fingerprint density at radius 1 is 1.36 bits per heavy atom. The van der Waals surface area contributed by atoms with Gasteiger partial charge in [0.15, 0.2) is 0 Å². The van der Waals surface area contributed by atoms with Crippen molar-refractivity contribution in [2.75, 3.05) is 0 Å². The molecule has 0 spiro atoms. The Balaban J connectivity index is 2.42. The van der Waals surface area contributed by atoms with Crippen LogP contribution in [0.25, 0.3) is 0 Å². The normalized spacial score (nSPS) is 17.9. The first kappa shape index (κ1) is 9.75. The second-order valence-corrected chi connectivity index (χ2v) is 4.45. The smallest absolute Gasteiger partial charge is 0.0659 e. The van der Waals surface area contributed by atoms with Gasteiger partial charge in [-0.25, -0.2) is 0 Å². The fourth-order valence-corrected chi connectivity index (χ4v) is 2.52. The number of fused-ring (bicyclic) bond motifs is 1. The molecule has 2 rings (SSSR count). The summed E-state index contributed by atoms with van der Waals surface area (Å²) >= 11 is 0. The molecule has 2 heteroatoms. The first-order valence-electron chi connectivity index (χ1n) is 5.78. The van der Waals surface area contributed by atoms with Gasteiger partial charge in [0.25, 0.3) is 0 Å². The van der Waals surface area contributed by atoms with Crippen LogP contribution in [0.3, 0.4) is 0 Å². The van der Waals surface area contributed by atoms with Crippen LogP contribution in [0.5, 0.6) is 0 Å². The molecule has 1 aliphatic carbocycles. The lowest BCUT2D eigenvalue weighted by molar-refractivity contribution is 0.618. The number of aromatic nitrogens is 2. The van der Waals surface area contributed by atoms with Crippen LogP contribution in [0.1, 0.15) is 56.0 Å². The van der Waals surface area contributed by atoms with Gasteiger partial charge in [0.05, 0.1) is 5.69 Å². The first-order chi connectivity index (χ1) is 6.74. The predicted molar refractivity (Wildman–Crippen MR) is 58.6 cm³/mol. The van der Waals surface area contributed by atoms with Gasteiger partial charge < -0.3 is 0 Å². The van der Waals surface area contributed by atoms with Gasteiger partial charge in [-0.3, -0.25) is 4.68 Å². The fourth-order valence-electron chi connectivity index (χ4n) is 2.52. The Morgan fingerprint density at radius 2 is 2.07 bits per heavy atom. The summed E-state index contributed by atoms with van der Waals surface area (Å²) in [6, 6.07) is 0. The monoisotopic (exact) mass is 192 g/mol. The lowest BCUT2D eigenvalue weighted by Crippen LogP contribution is -2.06.